The first-order valence-corrected chi connectivity index (χ1v) is 14.1. The van der Waals surface area contributed by atoms with Gasteiger partial charge in [0.15, 0.2) is 5.78 Å². The Bertz CT molecular complexity index is 1740. The van der Waals surface area contributed by atoms with Crippen molar-refractivity contribution in [3.05, 3.63) is 90.7 Å². The van der Waals surface area contributed by atoms with Gasteiger partial charge in [0.1, 0.15) is 23.3 Å². The van der Waals surface area contributed by atoms with Crippen molar-refractivity contribution in [1.29, 1.82) is 5.26 Å². The van der Waals surface area contributed by atoms with Crippen molar-refractivity contribution in [1.82, 2.24) is 29.1 Å². The molecule has 0 atom stereocenters. The number of ketones is 1. The molecule has 0 aromatic carbocycles. The van der Waals surface area contributed by atoms with E-state index in [0.29, 0.717) is 30.0 Å². The summed E-state index contributed by atoms with van der Waals surface area (Å²) >= 11 is 0. The molecule has 1 aliphatic rings. The number of imidazole rings is 1. The van der Waals surface area contributed by atoms with Gasteiger partial charge in [-0.15, -0.1) is 0 Å². The average Bonchev–Trinajstić information content (AvgIpc) is 3.64. The largest absolute Gasteiger partial charge is 0.492 e. The lowest BCUT2D eigenvalue weighted by atomic mass is 9.71. The van der Waals surface area contributed by atoms with E-state index < -0.39 is 0 Å². The monoisotopic (exact) mass is 560 g/mol. The molecular weight excluding hydrogens is 528 g/mol. The molecule has 0 spiro atoms. The van der Waals surface area contributed by atoms with Gasteiger partial charge in [-0.05, 0) is 61.9 Å². The summed E-state index contributed by atoms with van der Waals surface area (Å²) in [4.78, 5) is 29.2. The number of aromatic nitrogens is 6. The van der Waals surface area contributed by atoms with Crippen LogP contribution in [-0.4, -0.2) is 54.6 Å². The Kier molecular flexibility index (Phi) is 7.40. The van der Waals surface area contributed by atoms with Crippen LogP contribution < -0.4 is 9.64 Å². The lowest BCUT2D eigenvalue weighted by Crippen LogP contribution is -2.43. The van der Waals surface area contributed by atoms with Crippen molar-refractivity contribution in [2.75, 3.05) is 24.6 Å². The van der Waals surface area contributed by atoms with E-state index in [1.807, 2.05) is 62.8 Å². The van der Waals surface area contributed by atoms with E-state index in [-0.39, 0.29) is 11.2 Å². The second kappa shape index (κ2) is 11.4. The summed E-state index contributed by atoms with van der Waals surface area (Å²) in [7, 11) is 1.86. The normalized spacial score (nSPS) is 14.5. The molecule has 6 rings (SSSR count). The predicted octanol–water partition coefficient (Wildman–Crippen LogP) is 4.90. The van der Waals surface area contributed by atoms with E-state index in [1.54, 1.807) is 34.0 Å². The van der Waals surface area contributed by atoms with Gasteiger partial charge >= 0.3 is 0 Å². The molecule has 0 aliphatic carbocycles. The maximum Gasteiger partial charge on any atom is 0.181 e. The van der Waals surface area contributed by atoms with Gasteiger partial charge in [-0.3, -0.25) is 9.78 Å². The van der Waals surface area contributed by atoms with Gasteiger partial charge < -0.3 is 14.2 Å². The lowest BCUT2D eigenvalue weighted by molar-refractivity contribution is 0.0867. The maximum absolute atomic E-state index is 13.4. The van der Waals surface area contributed by atoms with Crippen LogP contribution in [0.5, 0.6) is 5.75 Å². The van der Waals surface area contributed by atoms with E-state index in [1.165, 1.54) is 0 Å². The number of ether oxygens (including phenoxy) is 1. The summed E-state index contributed by atoms with van der Waals surface area (Å²) in [5, 5.41) is 14.0. The van der Waals surface area contributed by atoms with E-state index in [9.17, 15) is 10.1 Å². The molecule has 212 valence electrons. The highest BCUT2D eigenvalue weighted by Gasteiger charge is 2.38. The van der Waals surface area contributed by atoms with Gasteiger partial charge in [0.25, 0.3) is 0 Å². The van der Waals surface area contributed by atoms with E-state index in [2.05, 4.69) is 26.0 Å². The van der Waals surface area contributed by atoms with Crippen molar-refractivity contribution in [3.63, 3.8) is 0 Å². The van der Waals surface area contributed by atoms with Crippen molar-refractivity contribution in [3.8, 4) is 22.9 Å². The Balaban J connectivity index is 1.23. The highest BCUT2D eigenvalue weighted by molar-refractivity contribution is 5.94. The summed E-state index contributed by atoms with van der Waals surface area (Å²) in [6.45, 7) is 4.02. The molecule has 42 heavy (non-hydrogen) atoms. The predicted molar refractivity (Wildman–Crippen MR) is 158 cm³/mol. The second-order valence-electron chi connectivity index (χ2n) is 10.9. The van der Waals surface area contributed by atoms with Crippen molar-refractivity contribution in [2.45, 2.75) is 32.6 Å². The zero-order valence-corrected chi connectivity index (χ0v) is 23.8. The van der Waals surface area contributed by atoms with Crippen molar-refractivity contribution in [2.24, 2.45) is 12.5 Å². The minimum atomic E-state index is -0.201. The van der Waals surface area contributed by atoms with E-state index in [4.69, 9.17) is 9.72 Å². The second-order valence-corrected chi connectivity index (χ2v) is 10.9. The van der Waals surface area contributed by atoms with Crippen LogP contribution in [-0.2, 0) is 13.5 Å². The summed E-state index contributed by atoms with van der Waals surface area (Å²) in [5.74, 6) is 1.67. The molecule has 0 amide bonds. The number of fused-ring (bicyclic) bond motifs is 1. The van der Waals surface area contributed by atoms with Crippen LogP contribution >= 0.6 is 0 Å². The number of anilines is 1. The maximum atomic E-state index is 13.4. The minimum absolute atomic E-state index is 0.110. The van der Waals surface area contributed by atoms with Crippen LogP contribution in [0.15, 0.2) is 73.7 Å². The van der Waals surface area contributed by atoms with Gasteiger partial charge in [-0.2, -0.15) is 10.4 Å². The molecule has 0 radical (unpaired) electrons. The first-order valence-electron chi connectivity index (χ1n) is 14.1. The average molecular weight is 561 g/mol. The first-order chi connectivity index (χ1) is 20.5. The third kappa shape index (κ3) is 5.33. The number of piperidine rings is 1. The number of carbonyl (C=O) groups is 1. The molecule has 10 heteroatoms. The Morgan fingerprint density at radius 2 is 1.98 bits per heavy atom. The summed E-state index contributed by atoms with van der Waals surface area (Å²) < 4.78 is 9.23. The Morgan fingerprint density at radius 3 is 2.64 bits per heavy atom. The molecular formula is C32H32N8O2. The third-order valence-corrected chi connectivity index (χ3v) is 8.15. The molecule has 1 aliphatic heterocycles. The van der Waals surface area contributed by atoms with Gasteiger partial charge in [-0.25, -0.2) is 14.5 Å². The van der Waals surface area contributed by atoms with Crippen LogP contribution in [0.25, 0.3) is 16.6 Å². The van der Waals surface area contributed by atoms with Gasteiger partial charge in [0.2, 0.25) is 0 Å². The molecule has 0 N–H and O–H groups in total. The first kappa shape index (κ1) is 27.1. The number of rotatable bonds is 9. The molecule has 5 aromatic rings. The molecule has 0 unspecified atom stereocenters. The zero-order valence-electron chi connectivity index (χ0n) is 23.8. The van der Waals surface area contributed by atoms with Gasteiger partial charge in [0.05, 0.1) is 42.6 Å². The number of Topliss-reactive ketones (excluding diaryl/α,β-unsaturated/α-hetero) is 1. The van der Waals surface area contributed by atoms with E-state index in [0.717, 1.165) is 60.5 Å². The molecule has 10 nitrogen and oxygen atoms in total. The molecule has 1 saturated heterocycles. The van der Waals surface area contributed by atoms with Crippen molar-refractivity contribution < 1.29 is 9.53 Å². The Labute approximate surface area is 244 Å². The zero-order chi connectivity index (χ0) is 29.1. The number of hydrogen-bond donors (Lipinski definition) is 0. The third-order valence-electron chi connectivity index (χ3n) is 8.15. The summed E-state index contributed by atoms with van der Waals surface area (Å²) in [5.41, 5.74) is 4.39. The van der Waals surface area contributed by atoms with Crippen LogP contribution in [0.4, 0.5) is 5.82 Å². The summed E-state index contributed by atoms with van der Waals surface area (Å²) in [6, 6.07) is 14.2. The fourth-order valence-electron chi connectivity index (χ4n) is 5.95. The molecule has 5 aromatic heterocycles. The molecule has 0 bridgehead atoms. The number of hydrogen-bond acceptors (Lipinski definition) is 8. The standard InChI is InChI=1S/C32H32N8O2/c1-3-42-26-14-27(31-24(17-33)19-37-40(31)21-26)23-7-8-30(36-18-23)39-12-9-32(10-13-39,15-25-6-4-5-11-35-25)16-29(41)28-20-34-22-38(28)2/h4-8,11,14,18-22H,3,9-10,12-13,15-16H2,1-2H3. The molecule has 0 saturated carbocycles. The van der Waals surface area contributed by atoms with Crippen LogP contribution in [0, 0.1) is 16.7 Å². The summed E-state index contributed by atoms with van der Waals surface area (Å²) in [6.07, 6.45) is 13.2. The topological polar surface area (TPSA) is 114 Å². The number of pyridine rings is 3. The lowest BCUT2D eigenvalue weighted by Gasteiger charge is -2.42. The van der Waals surface area contributed by atoms with Crippen LogP contribution in [0.2, 0.25) is 0 Å². The number of nitriles is 1. The molecule has 6 heterocycles. The SMILES string of the molecule is CCOc1cc(-c2ccc(N3CCC(CC(=O)c4cncn4C)(Cc4ccccn4)CC3)nc2)c2c(C#N)cnn2c1. The highest BCUT2D eigenvalue weighted by atomic mass is 16.5. The van der Waals surface area contributed by atoms with Gasteiger partial charge in [-0.1, -0.05) is 6.07 Å². The van der Waals surface area contributed by atoms with Gasteiger partial charge in [0, 0.05) is 55.8 Å². The van der Waals surface area contributed by atoms with Crippen LogP contribution in [0.3, 0.4) is 0 Å². The smallest absolute Gasteiger partial charge is 0.181 e. The Morgan fingerprint density at radius 1 is 1.12 bits per heavy atom. The highest BCUT2D eigenvalue weighted by Crippen LogP contribution is 2.40. The fraction of sp³-hybridized carbons (Fsp3) is 0.312. The van der Waals surface area contributed by atoms with Crippen molar-refractivity contribution >= 4 is 17.1 Å². The minimum Gasteiger partial charge on any atom is -0.492 e. The number of carbonyl (C=O) groups excluding carboxylic acids is 1. The van der Waals surface area contributed by atoms with Crippen LogP contribution in [0.1, 0.15) is 47.9 Å². The number of nitrogens with zero attached hydrogens (tertiary/aromatic N) is 8. The number of aryl methyl sites for hydroxylation is 1. The van der Waals surface area contributed by atoms with E-state index >= 15 is 0 Å². The fourth-order valence-corrected chi connectivity index (χ4v) is 5.95. The quantitative estimate of drug-likeness (QED) is 0.234. The molecule has 1 fully saturated rings. The Hall–Kier alpha value is -5.04.